The summed E-state index contributed by atoms with van der Waals surface area (Å²) in [6.45, 7) is 1.21. The second-order valence-electron chi connectivity index (χ2n) is 4.74. The van der Waals surface area contributed by atoms with Gasteiger partial charge in [-0.2, -0.15) is 0 Å². The number of ether oxygens (including phenoxy) is 2. The lowest BCUT2D eigenvalue weighted by molar-refractivity contribution is 0.0774. The number of anilines is 1. The average Bonchev–Trinajstić information content (AvgIpc) is 2.41. The maximum atomic E-state index is 11.9. The number of nitrogens with two attached hydrogens (primary N) is 1. The monoisotopic (exact) mass is 300 g/mol. The number of para-hydroxylation sites is 2. The number of sulfonamides is 1. The Morgan fingerprint density at radius 1 is 1.40 bits per heavy atom. The molecular formula is C13H20N2O4S. The highest BCUT2D eigenvalue weighted by atomic mass is 32.2. The molecule has 0 aliphatic carbocycles. The van der Waals surface area contributed by atoms with Gasteiger partial charge in [0.05, 0.1) is 18.0 Å². The average molecular weight is 300 g/mol. The third kappa shape index (κ3) is 4.66. The van der Waals surface area contributed by atoms with E-state index in [1.807, 2.05) is 0 Å². The Kier molecular flexibility index (Phi) is 5.22. The van der Waals surface area contributed by atoms with E-state index in [-0.39, 0.29) is 18.4 Å². The van der Waals surface area contributed by atoms with Crippen LogP contribution in [0.1, 0.15) is 12.8 Å². The Hall–Kier alpha value is -1.31. The van der Waals surface area contributed by atoms with E-state index in [0.29, 0.717) is 24.7 Å². The predicted molar refractivity (Wildman–Crippen MR) is 77.1 cm³/mol. The van der Waals surface area contributed by atoms with E-state index in [1.54, 1.807) is 24.3 Å². The lowest BCUT2D eigenvalue weighted by Crippen LogP contribution is -2.42. The van der Waals surface area contributed by atoms with E-state index in [2.05, 4.69) is 4.72 Å². The number of hydrogen-bond donors (Lipinski definition) is 2. The number of hydrogen-bond acceptors (Lipinski definition) is 5. The van der Waals surface area contributed by atoms with E-state index in [0.717, 1.165) is 12.8 Å². The number of nitrogen functional groups attached to an aromatic ring is 1. The van der Waals surface area contributed by atoms with Crippen LogP contribution in [0.3, 0.4) is 0 Å². The van der Waals surface area contributed by atoms with Crippen LogP contribution in [-0.2, 0) is 14.8 Å². The summed E-state index contributed by atoms with van der Waals surface area (Å²) in [6.07, 6.45) is 1.69. The van der Waals surface area contributed by atoms with Crippen LogP contribution in [0.15, 0.2) is 24.3 Å². The fourth-order valence-electron chi connectivity index (χ4n) is 2.02. The molecule has 1 aliphatic rings. The quantitative estimate of drug-likeness (QED) is 0.756. The molecule has 0 bridgehead atoms. The molecule has 112 valence electrons. The maximum Gasteiger partial charge on any atom is 0.215 e. The number of rotatable bonds is 6. The van der Waals surface area contributed by atoms with Crippen LogP contribution >= 0.6 is 0 Å². The normalized spacial score (nSPS) is 19.7. The highest BCUT2D eigenvalue weighted by Crippen LogP contribution is 2.19. The largest absolute Gasteiger partial charge is 0.490 e. The van der Waals surface area contributed by atoms with Gasteiger partial charge in [-0.05, 0) is 25.0 Å². The van der Waals surface area contributed by atoms with Crippen molar-refractivity contribution in [2.75, 3.05) is 31.3 Å². The topological polar surface area (TPSA) is 90.7 Å². The number of benzene rings is 1. The second kappa shape index (κ2) is 6.92. The molecule has 1 unspecified atom stereocenters. The molecule has 1 atom stereocenters. The fourth-order valence-corrected chi connectivity index (χ4v) is 3.13. The highest BCUT2D eigenvalue weighted by molar-refractivity contribution is 7.89. The highest BCUT2D eigenvalue weighted by Gasteiger charge is 2.20. The molecule has 1 aliphatic heterocycles. The molecule has 7 heteroatoms. The Bertz CT molecular complexity index is 527. The van der Waals surface area contributed by atoms with Gasteiger partial charge in [-0.15, -0.1) is 0 Å². The molecule has 1 aromatic carbocycles. The first-order chi connectivity index (χ1) is 9.57. The Morgan fingerprint density at radius 3 is 2.90 bits per heavy atom. The first-order valence-electron chi connectivity index (χ1n) is 6.62. The molecule has 0 saturated carbocycles. The van der Waals surface area contributed by atoms with Gasteiger partial charge in [0.25, 0.3) is 0 Å². The van der Waals surface area contributed by atoms with Gasteiger partial charge in [-0.25, -0.2) is 13.1 Å². The zero-order chi connectivity index (χ0) is 14.4. The molecule has 0 spiro atoms. The van der Waals surface area contributed by atoms with Crippen molar-refractivity contribution in [1.29, 1.82) is 0 Å². The molecule has 0 amide bonds. The van der Waals surface area contributed by atoms with Crippen LogP contribution in [0.25, 0.3) is 0 Å². The molecule has 1 fully saturated rings. The van der Waals surface area contributed by atoms with Crippen LogP contribution in [0.5, 0.6) is 5.75 Å². The van der Waals surface area contributed by atoms with Crippen molar-refractivity contribution in [3.8, 4) is 5.75 Å². The van der Waals surface area contributed by atoms with E-state index < -0.39 is 10.0 Å². The van der Waals surface area contributed by atoms with Gasteiger partial charge in [-0.3, -0.25) is 0 Å². The zero-order valence-electron chi connectivity index (χ0n) is 11.2. The smallest absolute Gasteiger partial charge is 0.215 e. The van der Waals surface area contributed by atoms with E-state index in [4.69, 9.17) is 15.2 Å². The van der Waals surface area contributed by atoms with Gasteiger partial charge in [0, 0.05) is 12.6 Å². The minimum absolute atomic E-state index is 0.0666. The predicted octanol–water partition coefficient (Wildman–Crippen LogP) is 0.746. The summed E-state index contributed by atoms with van der Waals surface area (Å²) < 4.78 is 37.1. The van der Waals surface area contributed by atoms with Gasteiger partial charge >= 0.3 is 0 Å². The minimum Gasteiger partial charge on any atom is -0.490 e. The van der Waals surface area contributed by atoms with Gasteiger partial charge < -0.3 is 15.2 Å². The molecule has 2 rings (SSSR count). The summed E-state index contributed by atoms with van der Waals surface area (Å²) in [4.78, 5) is 0. The molecule has 1 saturated heterocycles. The van der Waals surface area contributed by atoms with Gasteiger partial charge in [-0.1, -0.05) is 12.1 Å². The molecule has 1 heterocycles. The first-order valence-corrected chi connectivity index (χ1v) is 8.27. The lowest BCUT2D eigenvalue weighted by atomic mass is 10.1. The SMILES string of the molecule is Nc1ccccc1OCCS(=O)(=O)NC1CCCOC1. The Labute approximate surface area is 119 Å². The first kappa shape index (κ1) is 15.1. The maximum absolute atomic E-state index is 11.9. The van der Waals surface area contributed by atoms with Gasteiger partial charge in [0.2, 0.25) is 10.0 Å². The standard InChI is InChI=1S/C13H20N2O4S/c14-12-5-1-2-6-13(12)19-8-9-20(16,17)15-11-4-3-7-18-10-11/h1-2,5-6,11,15H,3-4,7-10,14H2. The second-order valence-corrected chi connectivity index (χ2v) is 6.61. The summed E-state index contributed by atoms with van der Waals surface area (Å²) in [7, 11) is -3.36. The van der Waals surface area contributed by atoms with Crippen molar-refractivity contribution in [1.82, 2.24) is 4.72 Å². The minimum atomic E-state index is -3.36. The third-order valence-corrected chi connectivity index (χ3v) is 4.43. The zero-order valence-corrected chi connectivity index (χ0v) is 12.1. The van der Waals surface area contributed by atoms with Crippen molar-refractivity contribution >= 4 is 15.7 Å². The van der Waals surface area contributed by atoms with Crippen molar-refractivity contribution in [3.05, 3.63) is 24.3 Å². The van der Waals surface area contributed by atoms with E-state index >= 15 is 0 Å². The summed E-state index contributed by atoms with van der Waals surface area (Å²) >= 11 is 0. The Balaban J connectivity index is 1.79. The molecule has 0 radical (unpaired) electrons. The molecule has 0 aromatic heterocycles. The van der Waals surface area contributed by atoms with E-state index in [9.17, 15) is 8.42 Å². The summed E-state index contributed by atoms with van der Waals surface area (Å²) in [5.74, 6) is 0.404. The van der Waals surface area contributed by atoms with Crippen LogP contribution in [-0.4, -0.2) is 40.0 Å². The van der Waals surface area contributed by atoms with Crippen molar-refractivity contribution in [2.45, 2.75) is 18.9 Å². The third-order valence-electron chi connectivity index (χ3n) is 3.04. The molecule has 3 N–H and O–H groups in total. The van der Waals surface area contributed by atoms with Crippen molar-refractivity contribution in [3.63, 3.8) is 0 Å². The van der Waals surface area contributed by atoms with Crippen LogP contribution in [0.2, 0.25) is 0 Å². The van der Waals surface area contributed by atoms with E-state index in [1.165, 1.54) is 0 Å². The molecule has 6 nitrogen and oxygen atoms in total. The van der Waals surface area contributed by atoms with Crippen molar-refractivity contribution in [2.24, 2.45) is 0 Å². The summed E-state index contributed by atoms with van der Waals surface area (Å²) in [5.41, 5.74) is 6.21. The molecule has 20 heavy (non-hydrogen) atoms. The van der Waals surface area contributed by atoms with Crippen molar-refractivity contribution < 1.29 is 17.9 Å². The van der Waals surface area contributed by atoms with Gasteiger partial charge in [0.1, 0.15) is 12.4 Å². The Morgan fingerprint density at radius 2 is 2.20 bits per heavy atom. The lowest BCUT2D eigenvalue weighted by Gasteiger charge is -2.22. The molecule has 1 aromatic rings. The van der Waals surface area contributed by atoms with Crippen LogP contribution in [0.4, 0.5) is 5.69 Å². The fraction of sp³-hybridized carbons (Fsp3) is 0.538. The summed E-state index contributed by atoms with van der Waals surface area (Å²) in [5, 5.41) is 0. The van der Waals surface area contributed by atoms with Crippen LogP contribution < -0.4 is 15.2 Å². The van der Waals surface area contributed by atoms with Crippen LogP contribution in [0, 0.1) is 0 Å². The molecular weight excluding hydrogens is 280 g/mol. The van der Waals surface area contributed by atoms with Gasteiger partial charge in [0.15, 0.2) is 0 Å². The number of nitrogens with one attached hydrogen (secondary N) is 1. The summed E-state index contributed by atoms with van der Waals surface area (Å²) in [6, 6.07) is 6.88.